The van der Waals surface area contributed by atoms with E-state index in [1.54, 1.807) is 13.0 Å². The van der Waals surface area contributed by atoms with E-state index in [1.807, 2.05) is 42.5 Å². The molecule has 0 saturated carbocycles. The van der Waals surface area contributed by atoms with Crippen molar-refractivity contribution in [2.24, 2.45) is 0 Å². The number of amides is 2. The zero-order chi connectivity index (χ0) is 30.7. The quantitative estimate of drug-likeness (QED) is 0.280. The highest BCUT2D eigenvalue weighted by molar-refractivity contribution is 5.91. The number of aliphatic hydroxyl groups is 1. The number of hydrogen-bond acceptors (Lipinski definition) is 8. The first-order valence-electron chi connectivity index (χ1n) is 15.3. The van der Waals surface area contributed by atoms with Gasteiger partial charge in [-0.15, -0.1) is 0 Å². The minimum Gasteiger partial charge on any atom is -0.465 e. The van der Waals surface area contributed by atoms with Gasteiger partial charge in [-0.1, -0.05) is 66.7 Å². The molecule has 3 aromatic carbocycles. The summed E-state index contributed by atoms with van der Waals surface area (Å²) in [6.07, 6.45) is -0.204. The smallest absolute Gasteiger partial charge is 0.325 e. The SMILES string of the molecule is CCOC(=O)CNC(=O)Nc1cccc([C@H]2O[C@@H](CN3CCN(Cc4ccccc4)CC3)C[C@@H](c3ccc(CO)cc3)O2)c1. The first-order chi connectivity index (χ1) is 21.5. The summed E-state index contributed by atoms with van der Waals surface area (Å²) in [6.45, 7) is 7.42. The van der Waals surface area contributed by atoms with E-state index in [0.29, 0.717) is 12.1 Å². The number of carbonyl (C=O) groups is 2. The molecule has 2 aliphatic heterocycles. The third kappa shape index (κ3) is 9.10. The van der Waals surface area contributed by atoms with Gasteiger partial charge in [0.1, 0.15) is 6.54 Å². The van der Waals surface area contributed by atoms with Gasteiger partial charge in [-0.05, 0) is 35.7 Å². The molecule has 3 N–H and O–H groups in total. The summed E-state index contributed by atoms with van der Waals surface area (Å²) < 4.78 is 17.9. The summed E-state index contributed by atoms with van der Waals surface area (Å²) in [5, 5.41) is 14.8. The van der Waals surface area contributed by atoms with Crippen LogP contribution < -0.4 is 10.6 Å². The number of nitrogens with zero attached hydrogens (tertiary/aromatic N) is 2. The van der Waals surface area contributed by atoms with Gasteiger partial charge in [-0.3, -0.25) is 14.6 Å². The molecule has 0 radical (unpaired) electrons. The molecule has 2 fully saturated rings. The number of piperazine rings is 1. The Kier molecular flexibility index (Phi) is 11.3. The van der Waals surface area contributed by atoms with E-state index in [-0.39, 0.29) is 32.0 Å². The second kappa shape index (κ2) is 15.8. The van der Waals surface area contributed by atoms with E-state index in [2.05, 4.69) is 50.8 Å². The van der Waals surface area contributed by atoms with E-state index < -0.39 is 18.3 Å². The Labute approximate surface area is 258 Å². The molecule has 10 nitrogen and oxygen atoms in total. The van der Waals surface area contributed by atoms with Crippen molar-refractivity contribution in [3.63, 3.8) is 0 Å². The van der Waals surface area contributed by atoms with Crippen molar-refractivity contribution in [2.75, 3.05) is 51.2 Å². The molecule has 2 heterocycles. The molecule has 0 unspecified atom stereocenters. The van der Waals surface area contributed by atoms with Crippen LogP contribution in [0.1, 0.15) is 48.0 Å². The van der Waals surface area contributed by atoms with E-state index in [0.717, 1.165) is 56.0 Å². The summed E-state index contributed by atoms with van der Waals surface area (Å²) in [7, 11) is 0. The fraction of sp³-hybridized carbons (Fsp3) is 0.412. The molecule has 0 aliphatic carbocycles. The van der Waals surface area contributed by atoms with Gasteiger partial charge in [0.05, 0.1) is 25.4 Å². The van der Waals surface area contributed by atoms with E-state index >= 15 is 0 Å². The molecule has 44 heavy (non-hydrogen) atoms. The number of esters is 1. The Hall–Kier alpha value is -3.80. The highest BCUT2D eigenvalue weighted by Crippen LogP contribution is 2.38. The van der Waals surface area contributed by atoms with Crippen LogP contribution in [0.5, 0.6) is 0 Å². The maximum Gasteiger partial charge on any atom is 0.325 e. The van der Waals surface area contributed by atoms with Crippen molar-refractivity contribution in [1.82, 2.24) is 15.1 Å². The summed E-state index contributed by atoms with van der Waals surface area (Å²) in [4.78, 5) is 28.9. The van der Waals surface area contributed by atoms with Gasteiger partial charge in [-0.2, -0.15) is 0 Å². The first-order valence-corrected chi connectivity index (χ1v) is 15.3. The molecule has 2 saturated heterocycles. The van der Waals surface area contributed by atoms with E-state index in [4.69, 9.17) is 14.2 Å². The molecule has 0 bridgehead atoms. The zero-order valence-corrected chi connectivity index (χ0v) is 25.2. The van der Waals surface area contributed by atoms with Crippen molar-refractivity contribution in [3.05, 3.63) is 101 Å². The summed E-state index contributed by atoms with van der Waals surface area (Å²) >= 11 is 0. The van der Waals surface area contributed by atoms with Crippen LogP contribution in [0.3, 0.4) is 0 Å². The number of benzene rings is 3. The van der Waals surface area contributed by atoms with Crippen molar-refractivity contribution in [2.45, 2.75) is 45.0 Å². The minimum atomic E-state index is -0.639. The van der Waals surface area contributed by atoms with Crippen LogP contribution in [0.25, 0.3) is 0 Å². The molecule has 0 spiro atoms. The van der Waals surface area contributed by atoms with Crippen molar-refractivity contribution >= 4 is 17.7 Å². The highest BCUT2D eigenvalue weighted by atomic mass is 16.7. The van der Waals surface area contributed by atoms with E-state index in [9.17, 15) is 14.7 Å². The Bertz CT molecular complexity index is 1350. The fourth-order valence-electron chi connectivity index (χ4n) is 5.60. The number of urea groups is 1. The predicted octanol–water partition coefficient (Wildman–Crippen LogP) is 4.23. The molecule has 10 heteroatoms. The maximum absolute atomic E-state index is 12.4. The lowest BCUT2D eigenvalue weighted by Gasteiger charge is -2.41. The third-order valence-electron chi connectivity index (χ3n) is 7.91. The van der Waals surface area contributed by atoms with Gasteiger partial charge in [0.2, 0.25) is 0 Å². The largest absolute Gasteiger partial charge is 0.465 e. The standard InChI is InChI=1S/C34H42N4O6/c1-2-42-32(40)21-35-34(41)36-29-10-6-9-28(19-29)33-43-30(20-31(44-33)27-13-11-26(24-39)12-14-27)23-38-17-15-37(16-18-38)22-25-7-4-3-5-8-25/h3-14,19,30-31,33,39H,2,15-18,20-24H2,1H3,(H2,35,36,41)/t30-,31+,33+/m1/s1. The number of carbonyl (C=O) groups excluding carboxylic acids is 2. The van der Waals surface area contributed by atoms with Crippen molar-refractivity contribution in [1.29, 1.82) is 0 Å². The maximum atomic E-state index is 12.4. The number of rotatable bonds is 11. The molecule has 2 amide bonds. The zero-order valence-electron chi connectivity index (χ0n) is 25.2. The monoisotopic (exact) mass is 602 g/mol. The lowest BCUT2D eigenvalue weighted by molar-refractivity contribution is -0.253. The normalized spacial score (nSPS) is 21.0. The Morgan fingerprint density at radius 2 is 1.64 bits per heavy atom. The number of hydrogen-bond donors (Lipinski definition) is 3. The van der Waals surface area contributed by atoms with Gasteiger partial charge in [0, 0.05) is 56.9 Å². The fourth-order valence-corrected chi connectivity index (χ4v) is 5.60. The number of ether oxygens (including phenoxy) is 3. The highest BCUT2D eigenvalue weighted by Gasteiger charge is 2.34. The van der Waals surface area contributed by atoms with Crippen molar-refractivity contribution < 1.29 is 28.9 Å². The van der Waals surface area contributed by atoms with Gasteiger partial charge in [0.15, 0.2) is 6.29 Å². The Morgan fingerprint density at radius 1 is 0.886 bits per heavy atom. The molecule has 3 atom stereocenters. The average molecular weight is 603 g/mol. The molecular weight excluding hydrogens is 560 g/mol. The van der Waals surface area contributed by atoms with Crippen LogP contribution in [0, 0.1) is 0 Å². The van der Waals surface area contributed by atoms with Crippen LogP contribution in [-0.2, 0) is 32.2 Å². The molecule has 5 rings (SSSR count). The summed E-state index contributed by atoms with van der Waals surface area (Å²) in [6, 6.07) is 25.3. The lowest BCUT2D eigenvalue weighted by Crippen LogP contribution is -2.49. The van der Waals surface area contributed by atoms with Gasteiger partial charge < -0.3 is 30.0 Å². The lowest BCUT2D eigenvalue weighted by atomic mass is 9.99. The summed E-state index contributed by atoms with van der Waals surface area (Å²) in [5.74, 6) is -0.498. The van der Waals surface area contributed by atoms with E-state index in [1.165, 1.54) is 5.56 Å². The van der Waals surface area contributed by atoms with Gasteiger partial charge in [-0.25, -0.2) is 4.79 Å². The first kappa shape index (κ1) is 31.6. The minimum absolute atomic E-state index is 0.0103. The molecule has 0 aromatic heterocycles. The predicted molar refractivity (Wildman–Crippen MR) is 167 cm³/mol. The van der Waals surface area contributed by atoms with Gasteiger partial charge in [0.25, 0.3) is 0 Å². The van der Waals surface area contributed by atoms with Crippen LogP contribution >= 0.6 is 0 Å². The van der Waals surface area contributed by atoms with Crippen LogP contribution in [0.4, 0.5) is 10.5 Å². The van der Waals surface area contributed by atoms with Crippen LogP contribution in [0.2, 0.25) is 0 Å². The number of anilines is 1. The molecule has 2 aliphatic rings. The average Bonchev–Trinajstić information content (AvgIpc) is 3.05. The topological polar surface area (TPSA) is 113 Å². The second-order valence-electron chi connectivity index (χ2n) is 11.2. The third-order valence-corrected chi connectivity index (χ3v) is 7.91. The van der Waals surface area contributed by atoms with Crippen LogP contribution in [0.15, 0.2) is 78.9 Å². The van der Waals surface area contributed by atoms with Gasteiger partial charge >= 0.3 is 12.0 Å². The Morgan fingerprint density at radius 3 is 2.36 bits per heavy atom. The van der Waals surface area contributed by atoms with Crippen molar-refractivity contribution in [3.8, 4) is 0 Å². The molecule has 234 valence electrons. The second-order valence-corrected chi connectivity index (χ2v) is 11.2. The number of aliphatic hydroxyl groups excluding tert-OH is 1. The molecular formula is C34H42N4O6. The molecule has 3 aromatic rings. The van der Waals surface area contributed by atoms with Crippen LogP contribution in [-0.4, -0.2) is 78.9 Å². The Balaban J connectivity index is 1.24. The number of nitrogens with one attached hydrogen (secondary N) is 2. The summed E-state index contributed by atoms with van der Waals surface area (Å²) in [5.41, 5.74) is 4.54.